The first kappa shape index (κ1) is 14.3. The number of alkyl halides is 3. The van der Waals surface area contributed by atoms with Crippen molar-refractivity contribution in [2.24, 2.45) is 5.41 Å². The lowest BCUT2D eigenvalue weighted by molar-refractivity contribution is -0.187. The van der Waals surface area contributed by atoms with Crippen molar-refractivity contribution in [3.63, 3.8) is 0 Å². The summed E-state index contributed by atoms with van der Waals surface area (Å²) in [7, 11) is 0. The smallest absolute Gasteiger partial charge is 0.301 e. The van der Waals surface area contributed by atoms with Crippen LogP contribution in [0.5, 0.6) is 0 Å². The minimum Gasteiger partial charge on any atom is -0.327 e. The molecule has 1 aliphatic rings. The molecule has 1 heterocycles. The van der Waals surface area contributed by atoms with E-state index in [1.807, 2.05) is 0 Å². The zero-order chi connectivity index (χ0) is 12.6. The van der Waals surface area contributed by atoms with E-state index in [1.165, 1.54) is 0 Å². The summed E-state index contributed by atoms with van der Waals surface area (Å²) in [6, 6.07) is 0. The van der Waals surface area contributed by atoms with Gasteiger partial charge in [-0.25, -0.2) is 0 Å². The zero-order valence-electron chi connectivity index (χ0n) is 9.27. The van der Waals surface area contributed by atoms with Crippen LogP contribution in [-0.2, 0) is 14.3 Å². The largest absolute Gasteiger partial charge is 0.327 e. The third-order valence-electron chi connectivity index (χ3n) is 2.03. The van der Waals surface area contributed by atoms with Crippen LogP contribution in [0.2, 0.25) is 0 Å². The van der Waals surface area contributed by atoms with Gasteiger partial charge in [-0.2, -0.15) is 0 Å². The van der Waals surface area contributed by atoms with Crippen LogP contribution in [0.1, 0.15) is 20.8 Å². The Morgan fingerprint density at radius 2 is 1.62 bits per heavy atom. The average Bonchev–Trinajstić information content (AvgIpc) is 2.50. The third kappa shape index (κ3) is 2.93. The van der Waals surface area contributed by atoms with Gasteiger partial charge in [0.15, 0.2) is 0 Å². The summed E-state index contributed by atoms with van der Waals surface area (Å²) in [5.41, 5.74) is -0.627. The fraction of sp³-hybridized carbons (Fsp3) is 0.889. The van der Waals surface area contributed by atoms with Gasteiger partial charge in [-0.1, -0.05) is 55.6 Å². The Kier molecular flexibility index (Phi) is 4.03. The van der Waals surface area contributed by atoms with Crippen molar-refractivity contribution in [3.8, 4) is 0 Å². The van der Waals surface area contributed by atoms with Gasteiger partial charge in [0.05, 0.1) is 13.2 Å². The van der Waals surface area contributed by atoms with Gasteiger partial charge < -0.3 is 14.8 Å². The maximum atomic E-state index is 11.8. The second kappa shape index (κ2) is 4.50. The van der Waals surface area contributed by atoms with Crippen molar-refractivity contribution >= 4 is 40.7 Å². The molecule has 0 unspecified atom stereocenters. The van der Waals surface area contributed by atoms with E-state index in [-0.39, 0.29) is 19.1 Å². The van der Waals surface area contributed by atoms with E-state index in [0.29, 0.717) is 0 Å². The van der Waals surface area contributed by atoms with E-state index in [9.17, 15) is 4.79 Å². The molecule has 1 fully saturated rings. The number of hydrogen-bond donors (Lipinski definition) is 1. The molecule has 1 amide bonds. The predicted molar refractivity (Wildman–Crippen MR) is 62.5 cm³/mol. The molecule has 0 aromatic rings. The van der Waals surface area contributed by atoms with Crippen molar-refractivity contribution in [3.05, 3.63) is 0 Å². The van der Waals surface area contributed by atoms with Crippen molar-refractivity contribution < 1.29 is 14.3 Å². The number of hydrogen-bond acceptors (Lipinski definition) is 3. The molecular weight excluding hydrogens is 276 g/mol. The summed E-state index contributed by atoms with van der Waals surface area (Å²) in [6.45, 7) is 5.74. The quantitative estimate of drug-likeness (QED) is 0.753. The fourth-order valence-electron chi connectivity index (χ4n) is 1.06. The predicted octanol–water partition coefficient (Wildman–Crippen LogP) is 2.22. The fourth-order valence-corrected chi connectivity index (χ4v) is 1.53. The summed E-state index contributed by atoms with van der Waals surface area (Å²) in [4.78, 5) is 11.8. The minimum absolute atomic E-state index is 0.262. The van der Waals surface area contributed by atoms with Gasteiger partial charge in [0.25, 0.3) is 3.79 Å². The topological polar surface area (TPSA) is 47.6 Å². The van der Waals surface area contributed by atoms with Crippen LogP contribution in [0.15, 0.2) is 0 Å². The summed E-state index contributed by atoms with van der Waals surface area (Å²) in [6.07, 6.45) is 0. The molecule has 94 valence electrons. The second-order valence-electron chi connectivity index (χ2n) is 4.52. The van der Waals surface area contributed by atoms with Gasteiger partial charge in [0.2, 0.25) is 5.91 Å². The van der Waals surface area contributed by atoms with Crippen LogP contribution < -0.4 is 5.32 Å². The highest BCUT2D eigenvalue weighted by Gasteiger charge is 2.56. The summed E-state index contributed by atoms with van der Waals surface area (Å²) < 4.78 is 8.56. The van der Waals surface area contributed by atoms with Crippen LogP contribution in [0.3, 0.4) is 0 Å². The first-order valence-corrected chi connectivity index (χ1v) is 5.89. The molecule has 7 heteroatoms. The number of carbonyl (C=O) groups excluding carboxylic acids is 1. The Morgan fingerprint density at radius 1 is 1.19 bits per heavy atom. The summed E-state index contributed by atoms with van der Waals surface area (Å²) in [5, 5.41) is 2.49. The zero-order valence-corrected chi connectivity index (χ0v) is 11.5. The van der Waals surface area contributed by atoms with Gasteiger partial charge in [-0.3, -0.25) is 4.79 Å². The Morgan fingerprint density at radius 3 is 1.94 bits per heavy atom. The Labute approximate surface area is 110 Å². The van der Waals surface area contributed by atoms with Crippen LogP contribution in [-0.4, -0.2) is 28.8 Å². The molecule has 0 atom stereocenters. The third-order valence-corrected chi connectivity index (χ3v) is 2.77. The van der Waals surface area contributed by atoms with Gasteiger partial charge >= 0.3 is 5.91 Å². The van der Waals surface area contributed by atoms with Gasteiger partial charge in [0, 0.05) is 5.41 Å². The molecule has 0 spiro atoms. The van der Waals surface area contributed by atoms with Crippen molar-refractivity contribution in [2.75, 3.05) is 13.2 Å². The maximum absolute atomic E-state index is 11.8. The molecular formula is C9H14Cl3NO3. The highest BCUT2D eigenvalue weighted by Crippen LogP contribution is 2.42. The highest BCUT2D eigenvalue weighted by molar-refractivity contribution is 6.68. The molecule has 1 saturated heterocycles. The van der Waals surface area contributed by atoms with Crippen LogP contribution in [0, 0.1) is 5.41 Å². The SMILES string of the molecule is CC(C)(C)C(=O)NC1(C(Cl)(Cl)Cl)OCCO1. The molecule has 0 aromatic heterocycles. The molecule has 1 aliphatic heterocycles. The molecule has 0 aromatic carbocycles. The number of rotatable bonds is 1. The van der Waals surface area contributed by atoms with E-state index < -0.39 is 15.1 Å². The lowest BCUT2D eigenvalue weighted by atomic mass is 9.95. The molecule has 0 saturated carbocycles. The first-order valence-electron chi connectivity index (χ1n) is 4.76. The normalized spacial score (nSPS) is 20.9. The molecule has 0 radical (unpaired) electrons. The number of nitrogens with one attached hydrogen (secondary N) is 1. The molecule has 4 nitrogen and oxygen atoms in total. The van der Waals surface area contributed by atoms with Gasteiger partial charge in [0.1, 0.15) is 0 Å². The molecule has 0 bridgehead atoms. The first-order chi connectivity index (χ1) is 7.08. The standard InChI is InChI=1S/C9H14Cl3NO3/c1-7(2,3)6(14)13-9(8(10,11)12)15-4-5-16-9/h4-5H2,1-3H3,(H,13,14). The van der Waals surface area contributed by atoms with Crippen molar-refractivity contribution in [1.82, 2.24) is 5.32 Å². The average molecular weight is 291 g/mol. The van der Waals surface area contributed by atoms with Gasteiger partial charge in [-0.05, 0) is 0 Å². The monoisotopic (exact) mass is 289 g/mol. The Hall–Kier alpha value is 0.260. The van der Waals surface area contributed by atoms with Crippen LogP contribution >= 0.6 is 34.8 Å². The number of carbonyl (C=O) groups is 1. The molecule has 0 aliphatic carbocycles. The highest BCUT2D eigenvalue weighted by atomic mass is 35.6. The molecule has 1 N–H and O–H groups in total. The molecule has 1 rings (SSSR count). The van der Waals surface area contributed by atoms with E-state index >= 15 is 0 Å². The van der Waals surface area contributed by atoms with E-state index in [0.717, 1.165) is 0 Å². The minimum atomic E-state index is -1.88. The Balaban J connectivity index is 2.86. The summed E-state index contributed by atoms with van der Waals surface area (Å²) >= 11 is 17.3. The summed E-state index contributed by atoms with van der Waals surface area (Å²) in [5.74, 6) is -2.01. The Bertz CT molecular complexity index is 277. The van der Waals surface area contributed by atoms with Crippen molar-refractivity contribution in [1.29, 1.82) is 0 Å². The van der Waals surface area contributed by atoms with E-state index in [1.54, 1.807) is 20.8 Å². The lowest BCUT2D eigenvalue weighted by Gasteiger charge is -2.35. The molecule has 16 heavy (non-hydrogen) atoms. The number of ether oxygens (including phenoxy) is 2. The second-order valence-corrected chi connectivity index (χ2v) is 6.80. The van der Waals surface area contributed by atoms with Gasteiger partial charge in [-0.15, -0.1) is 0 Å². The maximum Gasteiger partial charge on any atom is 0.301 e. The van der Waals surface area contributed by atoms with Crippen LogP contribution in [0.25, 0.3) is 0 Å². The van der Waals surface area contributed by atoms with E-state index in [4.69, 9.17) is 44.3 Å². The van der Waals surface area contributed by atoms with E-state index in [2.05, 4.69) is 5.32 Å². The van der Waals surface area contributed by atoms with Crippen molar-refractivity contribution in [2.45, 2.75) is 30.5 Å². The number of halogens is 3. The van der Waals surface area contributed by atoms with Crippen LogP contribution in [0.4, 0.5) is 0 Å². The number of amides is 1. The lowest BCUT2D eigenvalue weighted by Crippen LogP contribution is -2.60.